The van der Waals surface area contributed by atoms with Gasteiger partial charge in [-0.25, -0.2) is 0 Å². The van der Waals surface area contributed by atoms with Gasteiger partial charge in [-0.3, -0.25) is 0 Å². The SMILES string of the molecule is CC(C)N1CC[CH-]C(CC#N)CC1.[Ho]. The fourth-order valence-corrected chi connectivity index (χ4v) is 1.86. The monoisotopic (exact) mass is 344 g/mol. The number of nitrogens with zero attached hydrogens (tertiary/aromatic N) is 2. The fourth-order valence-electron chi connectivity index (χ4n) is 1.86. The summed E-state index contributed by atoms with van der Waals surface area (Å²) < 4.78 is 0. The molecule has 0 N–H and O–H groups in total. The Bertz CT molecular complexity index is 186. The number of nitriles is 1. The predicted octanol–water partition coefficient (Wildman–Crippen LogP) is 2.22. The van der Waals surface area contributed by atoms with Crippen LogP contribution in [0.5, 0.6) is 0 Å². The molecule has 0 aromatic heterocycles. The molecule has 85 valence electrons. The molecule has 1 saturated heterocycles. The molecule has 1 aliphatic heterocycles. The van der Waals surface area contributed by atoms with Crippen LogP contribution in [0.1, 0.15) is 33.1 Å². The summed E-state index contributed by atoms with van der Waals surface area (Å²) in [5.41, 5.74) is 0. The van der Waals surface area contributed by atoms with Crippen molar-refractivity contribution in [2.24, 2.45) is 5.92 Å². The standard InChI is InChI=1S/C11H19N2.Ho/c1-10(2)13-8-3-4-11(5-7-12)6-9-13;/h4,10-11H,3,5-6,8-9H2,1-2H3;/q-1;. The minimum atomic E-state index is 0. The quantitative estimate of drug-likeness (QED) is 0.567. The van der Waals surface area contributed by atoms with Crippen molar-refractivity contribution in [3.63, 3.8) is 0 Å². The maximum absolute atomic E-state index is 8.60. The largest absolute Gasteiger partial charge is 0.323 e. The van der Waals surface area contributed by atoms with E-state index in [1.807, 2.05) is 0 Å². The van der Waals surface area contributed by atoms with E-state index in [-0.39, 0.29) is 37.7 Å². The van der Waals surface area contributed by atoms with Crippen molar-refractivity contribution in [1.82, 2.24) is 4.90 Å². The van der Waals surface area contributed by atoms with Gasteiger partial charge in [-0.1, -0.05) is 6.42 Å². The Kier molecular flexibility index (Phi) is 8.33. The van der Waals surface area contributed by atoms with Gasteiger partial charge in [0.25, 0.3) is 0 Å². The zero-order chi connectivity index (χ0) is 9.68. The van der Waals surface area contributed by atoms with Crippen molar-refractivity contribution in [3.05, 3.63) is 6.42 Å². The van der Waals surface area contributed by atoms with Gasteiger partial charge in [-0.15, -0.1) is 0 Å². The van der Waals surface area contributed by atoms with E-state index in [0.29, 0.717) is 18.4 Å². The first kappa shape index (κ1) is 14.7. The molecule has 1 radical (unpaired) electrons. The molecule has 14 heavy (non-hydrogen) atoms. The van der Waals surface area contributed by atoms with Gasteiger partial charge in [0, 0.05) is 50.2 Å². The smallest absolute Gasteiger partial charge is 0.0597 e. The van der Waals surface area contributed by atoms with Crippen LogP contribution in [-0.2, 0) is 0 Å². The molecule has 0 aromatic rings. The van der Waals surface area contributed by atoms with Gasteiger partial charge in [-0.05, 0) is 26.9 Å². The fraction of sp³-hybridized carbons (Fsp3) is 0.818. The summed E-state index contributed by atoms with van der Waals surface area (Å²) in [5.74, 6) is 0.536. The van der Waals surface area contributed by atoms with Crippen molar-refractivity contribution in [3.8, 4) is 6.07 Å². The van der Waals surface area contributed by atoms with Gasteiger partial charge in [0.15, 0.2) is 0 Å². The molecule has 0 aromatic carbocycles. The van der Waals surface area contributed by atoms with E-state index in [9.17, 15) is 0 Å². The van der Waals surface area contributed by atoms with Crippen LogP contribution in [0.4, 0.5) is 0 Å². The van der Waals surface area contributed by atoms with Crippen LogP contribution in [0, 0.1) is 61.4 Å². The van der Waals surface area contributed by atoms with Crippen LogP contribution < -0.4 is 0 Å². The summed E-state index contributed by atoms with van der Waals surface area (Å²) in [7, 11) is 0. The minimum absolute atomic E-state index is 0. The van der Waals surface area contributed by atoms with Crippen molar-refractivity contribution < 1.29 is 37.7 Å². The van der Waals surface area contributed by atoms with Crippen molar-refractivity contribution in [2.75, 3.05) is 13.1 Å². The van der Waals surface area contributed by atoms with Crippen molar-refractivity contribution >= 4 is 0 Å². The molecule has 0 saturated carbocycles. The summed E-state index contributed by atoms with van der Waals surface area (Å²) in [6.45, 7) is 6.80. The first-order valence-electron chi connectivity index (χ1n) is 5.18. The molecule has 0 aliphatic carbocycles. The minimum Gasteiger partial charge on any atom is -0.323 e. The molecule has 1 aliphatic rings. The molecule has 1 unspecified atom stereocenters. The zero-order valence-electron chi connectivity index (χ0n) is 8.96. The second kappa shape index (κ2) is 7.93. The third-order valence-corrected chi connectivity index (χ3v) is 2.79. The van der Waals surface area contributed by atoms with Gasteiger partial charge in [0.05, 0.1) is 6.07 Å². The average molecular weight is 344 g/mol. The van der Waals surface area contributed by atoms with Gasteiger partial charge in [0.1, 0.15) is 0 Å². The molecule has 2 nitrogen and oxygen atoms in total. The second-order valence-electron chi connectivity index (χ2n) is 4.07. The van der Waals surface area contributed by atoms with E-state index in [4.69, 9.17) is 5.26 Å². The van der Waals surface area contributed by atoms with Gasteiger partial charge >= 0.3 is 0 Å². The van der Waals surface area contributed by atoms with Gasteiger partial charge < -0.3 is 11.3 Å². The van der Waals surface area contributed by atoms with E-state index in [1.54, 1.807) is 0 Å². The molecule has 0 amide bonds. The third-order valence-electron chi connectivity index (χ3n) is 2.79. The van der Waals surface area contributed by atoms with Crippen LogP contribution in [0.15, 0.2) is 0 Å². The Morgan fingerprint density at radius 1 is 1.50 bits per heavy atom. The molecule has 1 heterocycles. The number of hydrogen-bond acceptors (Lipinski definition) is 2. The number of rotatable bonds is 2. The zero-order valence-corrected chi connectivity index (χ0v) is 10.9. The Morgan fingerprint density at radius 2 is 2.21 bits per heavy atom. The van der Waals surface area contributed by atoms with Crippen LogP contribution in [0.25, 0.3) is 0 Å². The Labute approximate surface area is 118 Å². The maximum atomic E-state index is 8.60. The molecule has 0 bridgehead atoms. The summed E-state index contributed by atoms with van der Waals surface area (Å²) in [6.07, 6.45) is 5.33. The molecule has 0 spiro atoms. The summed E-state index contributed by atoms with van der Waals surface area (Å²) in [6, 6.07) is 2.91. The Balaban J connectivity index is 0.00000169. The summed E-state index contributed by atoms with van der Waals surface area (Å²) in [5, 5.41) is 8.60. The van der Waals surface area contributed by atoms with E-state index in [2.05, 4.69) is 31.2 Å². The van der Waals surface area contributed by atoms with E-state index >= 15 is 0 Å². The molecule has 1 atom stereocenters. The summed E-state index contributed by atoms with van der Waals surface area (Å²) >= 11 is 0. The average Bonchev–Trinajstić information content (AvgIpc) is 2.30. The molecule has 1 fully saturated rings. The van der Waals surface area contributed by atoms with E-state index in [0.717, 1.165) is 19.4 Å². The predicted molar refractivity (Wildman–Crippen MR) is 54.0 cm³/mol. The maximum Gasteiger partial charge on any atom is 0.0597 e. The normalized spacial score (nSPS) is 23.7. The van der Waals surface area contributed by atoms with Gasteiger partial charge in [0.2, 0.25) is 0 Å². The summed E-state index contributed by atoms with van der Waals surface area (Å²) in [4.78, 5) is 2.49. The van der Waals surface area contributed by atoms with Crippen molar-refractivity contribution in [2.45, 2.75) is 39.2 Å². The molecule has 3 heteroatoms. The number of likely N-dealkylation sites (tertiary alicyclic amines) is 1. The Hall–Kier alpha value is 0.710. The van der Waals surface area contributed by atoms with Gasteiger partial charge in [-0.2, -0.15) is 17.6 Å². The molecule has 1 rings (SSSR count). The van der Waals surface area contributed by atoms with Crippen LogP contribution in [0.3, 0.4) is 0 Å². The first-order valence-corrected chi connectivity index (χ1v) is 5.18. The first-order chi connectivity index (χ1) is 6.24. The van der Waals surface area contributed by atoms with E-state index in [1.165, 1.54) is 6.54 Å². The molecular formula is C11H19HoN2-. The molecular weight excluding hydrogens is 325 g/mol. The number of hydrogen-bond donors (Lipinski definition) is 0. The van der Waals surface area contributed by atoms with E-state index < -0.39 is 0 Å². The third kappa shape index (κ3) is 4.98. The van der Waals surface area contributed by atoms with Crippen molar-refractivity contribution in [1.29, 1.82) is 5.26 Å². The van der Waals surface area contributed by atoms with Crippen LogP contribution in [-0.4, -0.2) is 24.0 Å². The van der Waals surface area contributed by atoms with Crippen LogP contribution in [0.2, 0.25) is 0 Å². The Morgan fingerprint density at radius 3 is 2.79 bits per heavy atom. The second-order valence-corrected chi connectivity index (χ2v) is 4.07. The topological polar surface area (TPSA) is 27.0 Å². The van der Waals surface area contributed by atoms with Crippen LogP contribution >= 0.6 is 0 Å².